The smallest absolute Gasteiger partial charge is 0.287 e. The summed E-state index contributed by atoms with van der Waals surface area (Å²) >= 11 is 0. The maximum Gasteiger partial charge on any atom is 0.287 e. The zero-order chi connectivity index (χ0) is 19.5. The monoisotopic (exact) mass is 375 g/mol. The van der Waals surface area contributed by atoms with E-state index in [0.717, 1.165) is 35.9 Å². The van der Waals surface area contributed by atoms with Crippen LogP contribution in [-0.2, 0) is 13.0 Å². The summed E-state index contributed by atoms with van der Waals surface area (Å²) in [6, 6.07) is 9.43. The lowest BCUT2D eigenvalue weighted by atomic mass is 10.1. The lowest BCUT2D eigenvalue weighted by Crippen LogP contribution is -2.28. The van der Waals surface area contributed by atoms with E-state index in [9.17, 15) is 9.59 Å². The van der Waals surface area contributed by atoms with Gasteiger partial charge in [0, 0.05) is 24.7 Å². The number of carbonyl (C=O) groups is 2. The van der Waals surface area contributed by atoms with Gasteiger partial charge in [0.15, 0.2) is 11.5 Å². The zero-order valence-electron chi connectivity index (χ0n) is 15.4. The fourth-order valence-corrected chi connectivity index (χ4v) is 3.53. The number of benzene rings is 1. The normalized spacial score (nSPS) is 13.0. The van der Waals surface area contributed by atoms with Crippen LogP contribution in [0.15, 0.2) is 49.2 Å². The molecule has 3 heterocycles. The number of fused-ring (bicyclic) bond motifs is 2. The molecule has 0 atom stereocenters. The number of anilines is 1. The molecular formula is C21H21N5O2. The number of pyridine rings is 1. The Morgan fingerprint density at radius 3 is 2.89 bits per heavy atom. The van der Waals surface area contributed by atoms with Gasteiger partial charge in [-0.1, -0.05) is 24.3 Å². The maximum absolute atomic E-state index is 13.0. The number of nitrogens with zero attached hydrogens (tertiary/aromatic N) is 3. The number of para-hydroxylation sites is 1. The molecule has 0 aliphatic carbocycles. The van der Waals surface area contributed by atoms with E-state index in [4.69, 9.17) is 0 Å². The van der Waals surface area contributed by atoms with Crippen molar-refractivity contribution in [3.8, 4) is 0 Å². The van der Waals surface area contributed by atoms with Crippen LogP contribution in [0.25, 0.3) is 10.9 Å². The fourth-order valence-electron chi connectivity index (χ4n) is 3.53. The van der Waals surface area contributed by atoms with Crippen molar-refractivity contribution in [3.05, 3.63) is 66.4 Å². The van der Waals surface area contributed by atoms with E-state index >= 15 is 0 Å². The van der Waals surface area contributed by atoms with Crippen molar-refractivity contribution in [2.45, 2.75) is 25.8 Å². The van der Waals surface area contributed by atoms with Gasteiger partial charge >= 0.3 is 0 Å². The Bertz CT molecular complexity index is 1060. The Morgan fingerprint density at radius 2 is 2.04 bits per heavy atom. The summed E-state index contributed by atoms with van der Waals surface area (Å²) in [5, 5.41) is 6.61. The minimum atomic E-state index is -0.327. The fraction of sp³-hybridized carbons (Fsp3) is 0.238. The summed E-state index contributed by atoms with van der Waals surface area (Å²) in [5.41, 5.74) is 2.45. The van der Waals surface area contributed by atoms with Gasteiger partial charge < -0.3 is 15.2 Å². The molecule has 7 heteroatoms. The van der Waals surface area contributed by atoms with Gasteiger partial charge in [-0.3, -0.25) is 14.6 Å². The van der Waals surface area contributed by atoms with Gasteiger partial charge in [-0.15, -0.1) is 6.58 Å². The van der Waals surface area contributed by atoms with Crippen LogP contribution in [0.2, 0.25) is 0 Å². The van der Waals surface area contributed by atoms with Gasteiger partial charge in [0.1, 0.15) is 0 Å². The van der Waals surface area contributed by atoms with Crippen LogP contribution in [0.1, 0.15) is 39.6 Å². The number of imidazole rings is 1. The topological polar surface area (TPSA) is 88.9 Å². The SMILES string of the molecule is C=CCNC(=O)c1nc(C(=O)Nc2cccc3cccnc23)c2n1CCCC2. The van der Waals surface area contributed by atoms with Crippen LogP contribution < -0.4 is 10.6 Å². The first-order valence-electron chi connectivity index (χ1n) is 9.32. The minimum Gasteiger partial charge on any atom is -0.346 e. The predicted octanol–water partition coefficient (Wildman–Crippen LogP) is 2.94. The Labute approximate surface area is 162 Å². The third kappa shape index (κ3) is 3.26. The van der Waals surface area contributed by atoms with Crippen LogP contribution in [0.4, 0.5) is 5.69 Å². The molecule has 28 heavy (non-hydrogen) atoms. The number of amides is 2. The van der Waals surface area contributed by atoms with E-state index < -0.39 is 0 Å². The van der Waals surface area contributed by atoms with Crippen molar-refractivity contribution in [2.24, 2.45) is 0 Å². The summed E-state index contributed by atoms with van der Waals surface area (Å²) in [5.74, 6) is -0.349. The minimum absolute atomic E-state index is 0.276. The molecule has 0 saturated carbocycles. The number of rotatable bonds is 5. The van der Waals surface area contributed by atoms with Crippen molar-refractivity contribution in [3.63, 3.8) is 0 Å². The molecule has 0 spiro atoms. The van der Waals surface area contributed by atoms with E-state index in [1.165, 1.54) is 0 Å². The predicted molar refractivity (Wildman–Crippen MR) is 107 cm³/mol. The average molecular weight is 375 g/mol. The second-order valence-corrected chi connectivity index (χ2v) is 6.67. The van der Waals surface area contributed by atoms with Gasteiger partial charge in [0.25, 0.3) is 11.8 Å². The quantitative estimate of drug-likeness (QED) is 0.671. The second kappa shape index (κ2) is 7.64. The molecular weight excluding hydrogens is 354 g/mol. The molecule has 3 aromatic rings. The summed E-state index contributed by atoms with van der Waals surface area (Å²) in [7, 11) is 0. The average Bonchev–Trinajstić information content (AvgIpc) is 3.12. The first-order chi connectivity index (χ1) is 13.7. The van der Waals surface area contributed by atoms with Gasteiger partial charge in [-0.2, -0.15) is 0 Å². The number of aromatic nitrogens is 3. The van der Waals surface area contributed by atoms with Crippen LogP contribution >= 0.6 is 0 Å². The standard InChI is InChI=1S/C21H21N5O2/c1-2-11-23-21(28)19-25-18(16-10-3-4-13-26(16)19)20(27)24-15-9-5-7-14-8-6-12-22-17(14)15/h2,5-9,12H,1,3-4,10-11,13H2,(H,23,28)(H,24,27). The van der Waals surface area contributed by atoms with E-state index in [-0.39, 0.29) is 17.6 Å². The van der Waals surface area contributed by atoms with E-state index in [2.05, 4.69) is 27.2 Å². The first kappa shape index (κ1) is 17.9. The van der Waals surface area contributed by atoms with Gasteiger partial charge in [0.2, 0.25) is 0 Å². The Balaban J connectivity index is 1.68. The Morgan fingerprint density at radius 1 is 1.18 bits per heavy atom. The molecule has 142 valence electrons. The van der Waals surface area contributed by atoms with Crippen molar-refractivity contribution in [1.29, 1.82) is 0 Å². The molecule has 1 aliphatic heterocycles. The highest BCUT2D eigenvalue weighted by Crippen LogP contribution is 2.24. The molecule has 0 bridgehead atoms. The third-order valence-electron chi connectivity index (χ3n) is 4.82. The molecule has 4 rings (SSSR count). The summed E-state index contributed by atoms with van der Waals surface area (Å²) in [6.07, 6.45) is 5.95. The van der Waals surface area contributed by atoms with Crippen LogP contribution in [0.3, 0.4) is 0 Å². The van der Waals surface area contributed by atoms with E-state index in [1.54, 1.807) is 12.3 Å². The van der Waals surface area contributed by atoms with E-state index in [1.807, 2.05) is 34.9 Å². The van der Waals surface area contributed by atoms with Crippen molar-refractivity contribution < 1.29 is 9.59 Å². The number of hydrogen-bond acceptors (Lipinski definition) is 4. The van der Waals surface area contributed by atoms with Crippen LogP contribution in [0, 0.1) is 0 Å². The van der Waals surface area contributed by atoms with Crippen LogP contribution in [-0.4, -0.2) is 32.9 Å². The molecule has 0 fully saturated rings. The van der Waals surface area contributed by atoms with Crippen molar-refractivity contribution in [1.82, 2.24) is 19.9 Å². The first-order valence-corrected chi connectivity index (χ1v) is 9.32. The summed E-state index contributed by atoms with van der Waals surface area (Å²) in [4.78, 5) is 34.3. The summed E-state index contributed by atoms with van der Waals surface area (Å²) in [6.45, 7) is 4.64. The highest BCUT2D eigenvalue weighted by Gasteiger charge is 2.27. The van der Waals surface area contributed by atoms with Crippen molar-refractivity contribution >= 4 is 28.4 Å². The largest absolute Gasteiger partial charge is 0.346 e. The molecule has 7 nitrogen and oxygen atoms in total. The van der Waals surface area contributed by atoms with Gasteiger partial charge in [0.05, 0.1) is 16.9 Å². The molecule has 2 N–H and O–H groups in total. The number of carbonyl (C=O) groups excluding carboxylic acids is 2. The third-order valence-corrected chi connectivity index (χ3v) is 4.82. The highest BCUT2D eigenvalue weighted by molar-refractivity contribution is 6.08. The van der Waals surface area contributed by atoms with E-state index in [0.29, 0.717) is 24.5 Å². The number of hydrogen-bond donors (Lipinski definition) is 2. The van der Waals surface area contributed by atoms with Crippen molar-refractivity contribution in [2.75, 3.05) is 11.9 Å². The molecule has 0 unspecified atom stereocenters. The maximum atomic E-state index is 13.0. The number of nitrogens with one attached hydrogen (secondary N) is 2. The van der Waals surface area contributed by atoms with Gasteiger partial charge in [-0.25, -0.2) is 4.98 Å². The molecule has 2 aromatic heterocycles. The molecule has 0 radical (unpaired) electrons. The zero-order valence-corrected chi connectivity index (χ0v) is 15.4. The lowest BCUT2D eigenvalue weighted by Gasteiger charge is -2.17. The molecule has 1 aliphatic rings. The summed E-state index contributed by atoms with van der Waals surface area (Å²) < 4.78 is 1.86. The highest BCUT2D eigenvalue weighted by atomic mass is 16.2. The molecule has 1 aromatic carbocycles. The lowest BCUT2D eigenvalue weighted by molar-refractivity contribution is 0.0942. The molecule has 0 saturated heterocycles. The molecule has 2 amide bonds. The van der Waals surface area contributed by atoms with Gasteiger partial charge in [-0.05, 0) is 31.4 Å². The van der Waals surface area contributed by atoms with Crippen LogP contribution in [0.5, 0.6) is 0 Å². The second-order valence-electron chi connectivity index (χ2n) is 6.67. The Hall–Kier alpha value is -3.48. The Kier molecular flexibility index (Phi) is 4.89.